The maximum absolute atomic E-state index is 10.8. The van der Waals surface area contributed by atoms with Gasteiger partial charge in [0.25, 0.3) is 5.69 Å². The number of nitro benzene ring substituents is 1. The van der Waals surface area contributed by atoms with Gasteiger partial charge in [0.15, 0.2) is 0 Å². The molecule has 0 heterocycles. The summed E-state index contributed by atoms with van der Waals surface area (Å²) in [5.74, 6) is -0.464. The molecule has 1 aromatic rings. The summed E-state index contributed by atoms with van der Waals surface area (Å²) in [6, 6.07) is 4.59. The summed E-state index contributed by atoms with van der Waals surface area (Å²) in [5.41, 5.74) is 0.760. The van der Waals surface area contributed by atoms with Crippen LogP contribution in [0.15, 0.2) is 24.3 Å². The summed E-state index contributed by atoms with van der Waals surface area (Å²) in [5, 5.41) is 10.6. The molecule has 0 aliphatic heterocycles. The largest absolute Gasteiger partial charge is 0.466 e. The zero-order valence-corrected chi connectivity index (χ0v) is 10.5. The standard InChI is InChI=1S/C10H8INO4/c1-16-10(13)5-3-7-2-4-9(12(14)15)8(11)6-7/h2-6H,1H3/b5-3+. The van der Waals surface area contributed by atoms with Gasteiger partial charge in [0, 0.05) is 12.1 Å². The number of hydrogen-bond acceptors (Lipinski definition) is 4. The molecule has 84 valence electrons. The first kappa shape index (κ1) is 12.6. The number of carbonyl (C=O) groups is 1. The predicted octanol–water partition coefficient (Wildman–Crippen LogP) is 2.39. The summed E-state index contributed by atoms with van der Waals surface area (Å²) < 4.78 is 4.95. The van der Waals surface area contributed by atoms with Gasteiger partial charge in [0.2, 0.25) is 0 Å². The van der Waals surface area contributed by atoms with E-state index in [0.29, 0.717) is 9.13 Å². The third-order valence-corrected chi connectivity index (χ3v) is 2.65. The molecule has 0 bridgehead atoms. The van der Waals surface area contributed by atoms with Crippen molar-refractivity contribution in [2.24, 2.45) is 0 Å². The van der Waals surface area contributed by atoms with Crippen LogP contribution < -0.4 is 0 Å². The van der Waals surface area contributed by atoms with E-state index >= 15 is 0 Å². The Morgan fingerprint density at radius 2 is 2.25 bits per heavy atom. The highest BCUT2D eigenvalue weighted by atomic mass is 127. The van der Waals surface area contributed by atoms with E-state index in [9.17, 15) is 14.9 Å². The first-order chi connectivity index (χ1) is 7.54. The summed E-state index contributed by atoms with van der Waals surface area (Å²) in [6.07, 6.45) is 2.80. The molecular weight excluding hydrogens is 325 g/mol. The lowest BCUT2D eigenvalue weighted by Gasteiger charge is -1.97. The molecule has 0 unspecified atom stereocenters. The summed E-state index contributed by atoms with van der Waals surface area (Å²) in [7, 11) is 1.28. The van der Waals surface area contributed by atoms with Crippen molar-refractivity contribution in [2.45, 2.75) is 0 Å². The van der Waals surface area contributed by atoms with Crippen LogP contribution in [0.4, 0.5) is 5.69 Å². The Hall–Kier alpha value is -1.44. The summed E-state index contributed by atoms with van der Waals surface area (Å²) in [6.45, 7) is 0. The molecule has 1 aromatic carbocycles. The highest BCUT2D eigenvalue weighted by Crippen LogP contribution is 2.22. The molecule has 6 heteroatoms. The molecule has 5 nitrogen and oxygen atoms in total. The fourth-order valence-electron chi connectivity index (χ4n) is 1.01. The van der Waals surface area contributed by atoms with Crippen molar-refractivity contribution < 1.29 is 14.5 Å². The Morgan fingerprint density at radius 3 is 2.75 bits per heavy atom. The van der Waals surface area contributed by atoms with Crippen LogP contribution in [0.3, 0.4) is 0 Å². The van der Waals surface area contributed by atoms with Crippen molar-refractivity contribution in [1.82, 2.24) is 0 Å². The first-order valence-corrected chi connectivity index (χ1v) is 5.32. The van der Waals surface area contributed by atoms with Crippen LogP contribution in [0.1, 0.15) is 5.56 Å². The van der Waals surface area contributed by atoms with E-state index in [1.54, 1.807) is 12.1 Å². The van der Waals surface area contributed by atoms with Gasteiger partial charge >= 0.3 is 5.97 Å². The number of methoxy groups -OCH3 is 1. The van der Waals surface area contributed by atoms with E-state index in [1.165, 1.54) is 25.3 Å². The van der Waals surface area contributed by atoms with Gasteiger partial charge in [-0.2, -0.15) is 0 Å². The SMILES string of the molecule is COC(=O)/C=C/c1ccc([N+](=O)[O-])c(I)c1. The van der Waals surface area contributed by atoms with Gasteiger partial charge in [-0.1, -0.05) is 0 Å². The van der Waals surface area contributed by atoms with Crippen LogP contribution >= 0.6 is 22.6 Å². The third kappa shape index (κ3) is 3.30. The van der Waals surface area contributed by atoms with Gasteiger partial charge in [-0.15, -0.1) is 0 Å². The molecule has 0 fully saturated rings. The second-order valence-electron chi connectivity index (χ2n) is 2.82. The fourth-order valence-corrected chi connectivity index (χ4v) is 1.74. The van der Waals surface area contributed by atoms with Crippen molar-refractivity contribution in [3.8, 4) is 0 Å². The minimum absolute atomic E-state index is 0.0517. The van der Waals surface area contributed by atoms with E-state index in [1.807, 2.05) is 22.6 Å². The number of rotatable bonds is 3. The molecule has 0 saturated heterocycles. The first-order valence-electron chi connectivity index (χ1n) is 4.24. The third-order valence-electron chi connectivity index (χ3n) is 1.78. The monoisotopic (exact) mass is 333 g/mol. The van der Waals surface area contributed by atoms with Crippen LogP contribution in [0.2, 0.25) is 0 Å². The van der Waals surface area contributed by atoms with Crippen LogP contribution in [-0.4, -0.2) is 18.0 Å². The van der Waals surface area contributed by atoms with Gasteiger partial charge in [-0.3, -0.25) is 10.1 Å². The normalized spacial score (nSPS) is 10.4. The molecule has 0 aliphatic rings. The molecule has 0 aromatic heterocycles. The predicted molar refractivity (Wildman–Crippen MR) is 66.9 cm³/mol. The van der Waals surface area contributed by atoms with Crippen LogP contribution in [0, 0.1) is 13.7 Å². The topological polar surface area (TPSA) is 69.4 Å². The van der Waals surface area contributed by atoms with Crippen molar-refractivity contribution in [1.29, 1.82) is 0 Å². The number of nitro groups is 1. The molecule has 16 heavy (non-hydrogen) atoms. The van der Waals surface area contributed by atoms with Crippen LogP contribution in [-0.2, 0) is 9.53 Å². The summed E-state index contributed by atoms with van der Waals surface area (Å²) in [4.78, 5) is 20.9. The lowest BCUT2D eigenvalue weighted by molar-refractivity contribution is -0.385. The lowest BCUT2D eigenvalue weighted by atomic mass is 10.2. The molecule has 0 radical (unpaired) electrons. The Balaban J connectivity index is 2.94. The zero-order chi connectivity index (χ0) is 12.1. The van der Waals surface area contributed by atoms with Crippen molar-refractivity contribution in [3.63, 3.8) is 0 Å². The second kappa shape index (κ2) is 5.59. The molecule has 0 N–H and O–H groups in total. The zero-order valence-electron chi connectivity index (χ0n) is 8.34. The quantitative estimate of drug-likeness (QED) is 0.280. The minimum Gasteiger partial charge on any atom is -0.466 e. The Morgan fingerprint density at radius 1 is 1.56 bits per heavy atom. The van der Waals surface area contributed by atoms with Gasteiger partial charge in [-0.25, -0.2) is 4.79 Å². The Bertz CT molecular complexity index is 456. The number of hydrogen-bond donors (Lipinski definition) is 0. The van der Waals surface area contributed by atoms with E-state index in [-0.39, 0.29) is 5.69 Å². The maximum Gasteiger partial charge on any atom is 0.330 e. The fraction of sp³-hybridized carbons (Fsp3) is 0.100. The van der Waals surface area contributed by atoms with Crippen molar-refractivity contribution in [3.05, 3.63) is 43.5 Å². The average molecular weight is 333 g/mol. The number of halogens is 1. The Labute approximate surface area is 105 Å². The van der Waals surface area contributed by atoms with Crippen molar-refractivity contribution >= 4 is 40.3 Å². The lowest BCUT2D eigenvalue weighted by Crippen LogP contribution is -1.94. The highest BCUT2D eigenvalue weighted by Gasteiger charge is 2.10. The van der Waals surface area contributed by atoms with E-state index in [4.69, 9.17) is 0 Å². The van der Waals surface area contributed by atoms with E-state index in [0.717, 1.165) is 0 Å². The van der Waals surface area contributed by atoms with Gasteiger partial charge < -0.3 is 4.74 Å². The smallest absolute Gasteiger partial charge is 0.330 e. The van der Waals surface area contributed by atoms with Gasteiger partial charge in [0.1, 0.15) is 0 Å². The van der Waals surface area contributed by atoms with Crippen LogP contribution in [0.25, 0.3) is 6.08 Å². The molecular formula is C10H8INO4. The second-order valence-corrected chi connectivity index (χ2v) is 3.99. The van der Waals surface area contributed by atoms with Crippen molar-refractivity contribution in [2.75, 3.05) is 7.11 Å². The van der Waals surface area contributed by atoms with Crippen LogP contribution in [0.5, 0.6) is 0 Å². The number of nitrogens with zero attached hydrogens (tertiary/aromatic N) is 1. The minimum atomic E-state index is -0.464. The summed E-state index contributed by atoms with van der Waals surface area (Å²) >= 11 is 1.88. The number of ether oxygens (including phenoxy) is 1. The average Bonchev–Trinajstić information content (AvgIpc) is 2.25. The van der Waals surface area contributed by atoms with Gasteiger partial charge in [-0.05, 0) is 46.4 Å². The number of benzene rings is 1. The molecule has 0 aliphatic carbocycles. The van der Waals surface area contributed by atoms with E-state index < -0.39 is 10.9 Å². The molecule has 1 rings (SSSR count). The molecule has 0 spiro atoms. The Kier molecular flexibility index (Phi) is 4.41. The molecule has 0 amide bonds. The number of esters is 1. The van der Waals surface area contributed by atoms with E-state index in [2.05, 4.69) is 4.74 Å². The van der Waals surface area contributed by atoms with Gasteiger partial charge in [0.05, 0.1) is 15.6 Å². The molecule has 0 atom stereocenters. The number of carbonyl (C=O) groups excluding carboxylic acids is 1. The maximum atomic E-state index is 10.8. The molecule has 0 saturated carbocycles. The highest BCUT2D eigenvalue weighted by molar-refractivity contribution is 14.1.